The predicted molar refractivity (Wildman–Crippen MR) is 133 cm³/mol. The van der Waals surface area contributed by atoms with Gasteiger partial charge in [0.15, 0.2) is 0 Å². The number of hydrogen-bond donors (Lipinski definition) is 1. The number of rotatable bonds is 9. The van der Waals surface area contributed by atoms with Crippen molar-refractivity contribution in [3.63, 3.8) is 0 Å². The number of para-hydroxylation sites is 1. The van der Waals surface area contributed by atoms with Crippen molar-refractivity contribution in [3.8, 4) is 17.0 Å². The van der Waals surface area contributed by atoms with Crippen molar-refractivity contribution in [1.82, 2.24) is 5.16 Å². The van der Waals surface area contributed by atoms with Gasteiger partial charge in [-0.15, -0.1) is 0 Å². The van der Waals surface area contributed by atoms with Gasteiger partial charge in [0.05, 0.1) is 18.4 Å². The summed E-state index contributed by atoms with van der Waals surface area (Å²) in [5.74, 6) is -0.0839. The summed E-state index contributed by atoms with van der Waals surface area (Å²) in [6.45, 7) is -2.72. The normalized spacial score (nSPS) is 22.7. The van der Waals surface area contributed by atoms with Crippen LogP contribution in [0.5, 0.6) is 5.75 Å². The van der Waals surface area contributed by atoms with Crippen LogP contribution in [0.2, 0.25) is 0 Å². The second-order valence-electron chi connectivity index (χ2n) is 10.3. The van der Waals surface area contributed by atoms with Gasteiger partial charge in [-0.1, -0.05) is 17.3 Å². The minimum absolute atomic E-state index is 0.0372. The summed E-state index contributed by atoms with van der Waals surface area (Å²) in [6, 6.07) is 11.2. The zero-order chi connectivity index (χ0) is 26.4. The standard InChI is InChI=1S/C28H28F3N3O4/c29-22-11-16(27(32)35)7-10-23(22)34-17-8-9-18(34)13-19(12-17)36-14-21-25(33-38-26(21)15-5-6-15)20-3-1-2-4-24(20)37-28(30)31/h1-4,7,10-11,15,17-19,28H,5-6,8-9,12-14H2,(H2,32,35)/t17-,18+,19?. The first-order chi connectivity index (χ1) is 18.4. The van der Waals surface area contributed by atoms with Gasteiger partial charge in [0.25, 0.3) is 0 Å². The molecule has 200 valence electrons. The topological polar surface area (TPSA) is 90.8 Å². The average molecular weight is 528 g/mol. The lowest BCUT2D eigenvalue weighted by atomic mass is 9.98. The molecule has 1 saturated carbocycles. The molecule has 3 aromatic rings. The number of carbonyl (C=O) groups excluding carboxylic acids is 1. The van der Waals surface area contributed by atoms with Crippen molar-refractivity contribution < 1.29 is 32.0 Å². The van der Waals surface area contributed by atoms with Gasteiger partial charge in [-0.25, -0.2) is 4.39 Å². The Balaban J connectivity index is 1.20. The van der Waals surface area contributed by atoms with E-state index < -0.39 is 18.3 Å². The highest BCUT2D eigenvalue weighted by atomic mass is 19.3. The maximum absolute atomic E-state index is 14.9. The van der Waals surface area contributed by atoms with E-state index in [1.807, 2.05) is 0 Å². The molecule has 0 spiro atoms. The fraction of sp³-hybridized carbons (Fsp3) is 0.429. The van der Waals surface area contributed by atoms with Crippen LogP contribution in [0.4, 0.5) is 18.9 Å². The van der Waals surface area contributed by atoms with E-state index in [9.17, 15) is 18.0 Å². The lowest BCUT2D eigenvalue weighted by Gasteiger charge is -2.40. The third kappa shape index (κ3) is 4.73. The first kappa shape index (κ1) is 24.8. The molecule has 3 atom stereocenters. The number of hydrogen-bond acceptors (Lipinski definition) is 6. The summed E-state index contributed by atoms with van der Waals surface area (Å²) in [7, 11) is 0. The van der Waals surface area contributed by atoms with Gasteiger partial charge in [0, 0.05) is 34.7 Å². The van der Waals surface area contributed by atoms with E-state index in [1.54, 1.807) is 30.3 Å². The number of nitrogens with two attached hydrogens (primary N) is 1. The summed E-state index contributed by atoms with van der Waals surface area (Å²) < 4.78 is 57.8. The van der Waals surface area contributed by atoms with Crippen molar-refractivity contribution in [2.75, 3.05) is 4.90 Å². The molecule has 1 amide bonds. The number of halogens is 3. The Morgan fingerprint density at radius 1 is 1.11 bits per heavy atom. The van der Waals surface area contributed by atoms with Gasteiger partial charge in [-0.3, -0.25) is 4.79 Å². The highest BCUT2D eigenvalue weighted by Gasteiger charge is 2.42. The molecule has 1 aromatic heterocycles. The molecule has 10 heteroatoms. The fourth-order valence-electron chi connectivity index (χ4n) is 5.93. The SMILES string of the molecule is NC(=O)c1ccc(N2[C@@H]3CC[C@H]2CC(OCc2c(-c4ccccc4OC(F)F)noc2C2CC2)C3)c(F)c1. The number of aromatic nitrogens is 1. The molecule has 1 unspecified atom stereocenters. The monoisotopic (exact) mass is 527 g/mol. The van der Waals surface area contributed by atoms with Crippen molar-refractivity contribution in [3.05, 3.63) is 65.2 Å². The van der Waals surface area contributed by atoms with Crippen LogP contribution in [0, 0.1) is 5.82 Å². The summed E-state index contributed by atoms with van der Waals surface area (Å²) >= 11 is 0. The molecule has 3 heterocycles. The fourth-order valence-corrected chi connectivity index (χ4v) is 5.93. The van der Waals surface area contributed by atoms with Crippen molar-refractivity contribution >= 4 is 11.6 Å². The van der Waals surface area contributed by atoms with Gasteiger partial charge in [0.1, 0.15) is 23.0 Å². The zero-order valence-electron chi connectivity index (χ0n) is 20.6. The molecule has 2 N–H and O–H groups in total. The van der Waals surface area contributed by atoms with Crippen molar-refractivity contribution in [1.29, 1.82) is 0 Å². The molecular weight excluding hydrogens is 499 g/mol. The van der Waals surface area contributed by atoms with Crippen LogP contribution in [-0.2, 0) is 11.3 Å². The average Bonchev–Trinajstić information content (AvgIpc) is 3.59. The van der Waals surface area contributed by atoms with E-state index >= 15 is 0 Å². The number of carbonyl (C=O) groups is 1. The highest BCUT2D eigenvalue weighted by molar-refractivity contribution is 5.93. The van der Waals surface area contributed by atoms with Gasteiger partial charge < -0.3 is 24.6 Å². The maximum atomic E-state index is 14.9. The lowest BCUT2D eigenvalue weighted by Crippen LogP contribution is -2.46. The first-order valence-corrected chi connectivity index (χ1v) is 12.9. The molecule has 2 bridgehead atoms. The molecule has 1 aliphatic carbocycles. The van der Waals surface area contributed by atoms with Crippen LogP contribution < -0.4 is 15.4 Å². The molecule has 2 saturated heterocycles. The molecule has 2 aliphatic heterocycles. The molecule has 0 radical (unpaired) electrons. The molecule has 3 fully saturated rings. The summed E-state index contributed by atoms with van der Waals surface area (Å²) in [5, 5.41) is 4.24. The number of nitrogens with zero attached hydrogens (tertiary/aromatic N) is 2. The Hall–Kier alpha value is -3.53. The van der Waals surface area contributed by atoms with Gasteiger partial charge in [-0.2, -0.15) is 8.78 Å². The van der Waals surface area contributed by atoms with Gasteiger partial charge in [0.2, 0.25) is 5.91 Å². The smallest absolute Gasteiger partial charge is 0.387 e. The Morgan fingerprint density at radius 3 is 2.50 bits per heavy atom. The van der Waals surface area contributed by atoms with Crippen molar-refractivity contribution in [2.24, 2.45) is 5.73 Å². The van der Waals surface area contributed by atoms with E-state index in [4.69, 9.17) is 19.7 Å². The van der Waals surface area contributed by atoms with Crippen LogP contribution >= 0.6 is 0 Å². The van der Waals surface area contributed by atoms with Crippen LogP contribution in [0.3, 0.4) is 0 Å². The third-order valence-corrected chi connectivity index (χ3v) is 7.79. The number of amides is 1. The first-order valence-electron chi connectivity index (χ1n) is 12.9. The van der Waals surface area contributed by atoms with Crippen LogP contribution in [0.25, 0.3) is 11.3 Å². The van der Waals surface area contributed by atoms with Gasteiger partial charge in [-0.05, 0) is 68.9 Å². The molecule has 6 rings (SSSR count). The van der Waals surface area contributed by atoms with E-state index in [0.717, 1.165) is 49.8 Å². The Kier molecular flexibility index (Phi) is 6.51. The van der Waals surface area contributed by atoms with Crippen LogP contribution in [-0.4, -0.2) is 35.9 Å². The van der Waals surface area contributed by atoms with E-state index in [1.165, 1.54) is 12.1 Å². The van der Waals surface area contributed by atoms with Gasteiger partial charge >= 0.3 is 6.61 Å². The van der Waals surface area contributed by atoms with Crippen LogP contribution in [0.15, 0.2) is 47.0 Å². The second-order valence-corrected chi connectivity index (χ2v) is 10.3. The molecular formula is C28H28F3N3O4. The number of alkyl halides is 2. The number of primary amides is 1. The molecule has 38 heavy (non-hydrogen) atoms. The summed E-state index contributed by atoms with van der Waals surface area (Å²) in [4.78, 5) is 13.5. The zero-order valence-corrected chi connectivity index (χ0v) is 20.6. The largest absolute Gasteiger partial charge is 0.434 e. The van der Waals surface area contributed by atoms with E-state index in [0.29, 0.717) is 16.9 Å². The quantitative estimate of drug-likeness (QED) is 0.380. The molecule has 2 aromatic carbocycles. The van der Waals surface area contributed by atoms with Crippen molar-refractivity contribution in [2.45, 2.75) is 75.8 Å². The molecule has 3 aliphatic rings. The third-order valence-electron chi connectivity index (χ3n) is 7.79. The maximum Gasteiger partial charge on any atom is 0.387 e. The predicted octanol–water partition coefficient (Wildman–Crippen LogP) is 5.78. The highest BCUT2D eigenvalue weighted by Crippen LogP contribution is 2.46. The summed E-state index contributed by atoms with van der Waals surface area (Å²) in [5.41, 5.74) is 7.58. The Bertz CT molecular complexity index is 1330. The number of anilines is 1. The second kappa shape index (κ2) is 9.98. The molecule has 7 nitrogen and oxygen atoms in total. The Labute approximate surface area is 217 Å². The number of benzene rings is 2. The minimum Gasteiger partial charge on any atom is -0.434 e. The minimum atomic E-state index is -2.96. The number of ether oxygens (including phenoxy) is 2. The van der Waals surface area contributed by atoms with Crippen LogP contribution in [0.1, 0.15) is 66.1 Å². The number of piperidine rings is 1. The Morgan fingerprint density at radius 2 is 1.84 bits per heavy atom. The lowest BCUT2D eigenvalue weighted by molar-refractivity contribution is -0.0494. The van der Waals surface area contributed by atoms with E-state index in [2.05, 4.69) is 10.1 Å². The van der Waals surface area contributed by atoms with E-state index in [-0.39, 0.29) is 42.0 Å². The number of fused-ring (bicyclic) bond motifs is 2. The summed E-state index contributed by atoms with van der Waals surface area (Å²) in [6.07, 6.45) is 5.20.